The summed E-state index contributed by atoms with van der Waals surface area (Å²) in [4.78, 5) is 4.79. The molecule has 1 atom stereocenters. The molecule has 2 aliphatic rings. The third kappa shape index (κ3) is 2.04. The molecule has 1 N–H and O–H groups in total. The van der Waals surface area contributed by atoms with Crippen molar-refractivity contribution >= 4 is 20.7 Å². The molecular weight excluding hydrogens is 296 g/mol. The van der Waals surface area contributed by atoms with E-state index in [-0.39, 0.29) is 16.1 Å². The van der Waals surface area contributed by atoms with E-state index in [9.17, 15) is 8.42 Å². The molecule has 0 saturated heterocycles. The van der Waals surface area contributed by atoms with Crippen molar-refractivity contribution in [2.24, 2.45) is 4.99 Å². The molecule has 1 heterocycles. The van der Waals surface area contributed by atoms with Crippen LogP contribution in [0.15, 0.2) is 58.4 Å². The Bertz CT molecular complexity index is 857. The van der Waals surface area contributed by atoms with E-state index >= 15 is 0 Å². The van der Waals surface area contributed by atoms with Gasteiger partial charge in [-0.3, -0.25) is 0 Å². The van der Waals surface area contributed by atoms with Crippen molar-refractivity contribution in [2.75, 3.05) is 5.32 Å². The SMILES string of the molecule is O=S(=O)(C1=NC2CCCc3cccc(c32)N1)c1ccccc1. The molecular formula is C17H16N2O2S. The van der Waals surface area contributed by atoms with Crippen LogP contribution in [-0.2, 0) is 16.3 Å². The maximum Gasteiger partial charge on any atom is 0.239 e. The van der Waals surface area contributed by atoms with Gasteiger partial charge in [0, 0.05) is 11.3 Å². The predicted molar refractivity (Wildman–Crippen MR) is 86.8 cm³/mol. The largest absolute Gasteiger partial charge is 0.330 e. The highest BCUT2D eigenvalue weighted by Crippen LogP contribution is 2.40. The number of rotatable bonds is 1. The van der Waals surface area contributed by atoms with Crippen LogP contribution in [0.25, 0.3) is 0 Å². The van der Waals surface area contributed by atoms with Crippen LogP contribution in [0.3, 0.4) is 0 Å². The summed E-state index contributed by atoms with van der Waals surface area (Å²) in [6, 6.07) is 14.4. The second-order valence-electron chi connectivity index (χ2n) is 5.66. The fraction of sp³-hybridized carbons (Fsp3) is 0.235. The van der Waals surface area contributed by atoms with Crippen LogP contribution in [0.4, 0.5) is 5.69 Å². The zero-order valence-corrected chi connectivity index (χ0v) is 12.8. The van der Waals surface area contributed by atoms with E-state index in [1.54, 1.807) is 30.3 Å². The molecule has 0 spiro atoms. The topological polar surface area (TPSA) is 58.5 Å². The summed E-state index contributed by atoms with van der Waals surface area (Å²) in [5, 5.41) is 3.10. The highest BCUT2D eigenvalue weighted by atomic mass is 32.2. The van der Waals surface area contributed by atoms with E-state index in [4.69, 9.17) is 0 Å². The first-order valence-electron chi connectivity index (χ1n) is 7.43. The van der Waals surface area contributed by atoms with Crippen molar-refractivity contribution in [3.8, 4) is 0 Å². The molecule has 2 aromatic rings. The number of hydrogen-bond acceptors (Lipinski definition) is 4. The summed E-state index contributed by atoms with van der Waals surface area (Å²) >= 11 is 0. The molecule has 0 amide bonds. The minimum atomic E-state index is -3.60. The summed E-state index contributed by atoms with van der Waals surface area (Å²) in [5.74, 6) is 0. The van der Waals surface area contributed by atoms with Crippen LogP contribution in [0.1, 0.15) is 30.0 Å². The Labute approximate surface area is 129 Å². The van der Waals surface area contributed by atoms with Crippen molar-refractivity contribution in [3.05, 3.63) is 59.7 Å². The Morgan fingerprint density at radius 1 is 1.05 bits per heavy atom. The molecule has 0 saturated carbocycles. The average molecular weight is 312 g/mol. The first-order chi connectivity index (χ1) is 10.7. The van der Waals surface area contributed by atoms with Gasteiger partial charge in [-0.1, -0.05) is 30.3 Å². The maximum absolute atomic E-state index is 12.8. The summed E-state index contributed by atoms with van der Waals surface area (Å²) < 4.78 is 25.5. The van der Waals surface area contributed by atoms with Gasteiger partial charge >= 0.3 is 0 Å². The van der Waals surface area contributed by atoms with E-state index in [0.717, 1.165) is 24.9 Å². The summed E-state index contributed by atoms with van der Waals surface area (Å²) in [6.07, 6.45) is 2.99. The van der Waals surface area contributed by atoms with Crippen LogP contribution in [0.2, 0.25) is 0 Å². The summed E-state index contributed by atoms with van der Waals surface area (Å²) in [6.45, 7) is 0. The number of nitrogens with one attached hydrogen (secondary N) is 1. The number of anilines is 1. The van der Waals surface area contributed by atoms with E-state index in [2.05, 4.69) is 16.4 Å². The van der Waals surface area contributed by atoms with Crippen LogP contribution in [0.5, 0.6) is 0 Å². The van der Waals surface area contributed by atoms with Gasteiger partial charge in [0.2, 0.25) is 15.0 Å². The molecule has 4 nitrogen and oxygen atoms in total. The molecule has 1 aliphatic heterocycles. The van der Waals surface area contributed by atoms with Gasteiger partial charge in [-0.05, 0) is 43.0 Å². The van der Waals surface area contributed by atoms with Gasteiger partial charge in [0.15, 0.2) is 0 Å². The lowest BCUT2D eigenvalue weighted by Gasteiger charge is -2.30. The molecule has 22 heavy (non-hydrogen) atoms. The number of benzene rings is 2. The molecule has 1 unspecified atom stereocenters. The van der Waals surface area contributed by atoms with Crippen LogP contribution >= 0.6 is 0 Å². The third-order valence-electron chi connectivity index (χ3n) is 4.28. The third-order valence-corrected chi connectivity index (χ3v) is 5.89. The van der Waals surface area contributed by atoms with E-state index in [0.29, 0.717) is 0 Å². The number of hydrogen-bond donors (Lipinski definition) is 1. The Balaban J connectivity index is 1.82. The van der Waals surface area contributed by atoms with Gasteiger partial charge in [-0.25, -0.2) is 13.4 Å². The van der Waals surface area contributed by atoms with Crippen molar-refractivity contribution < 1.29 is 8.42 Å². The predicted octanol–water partition coefficient (Wildman–Crippen LogP) is 3.32. The number of amidine groups is 1. The standard InChI is InChI=1S/C17H16N2O2S/c20-22(21,13-8-2-1-3-9-13)17-18-14-10-4-6-12-7-5-11-15(19-17)16(12)14/h1-4,6,8-10,15H,5,7,11H2,(H,18,19). The Hall–Kier alpha value is -2.14. The molecule has 1 aliphatic carbocycles. The fourth-order valence-corrected chi connectivity index (χ4v) is 4.48. The van der Waals surface area contributed by atoms with Crippen molar-refractivity contribution in [1.82, 2.24) is 0 Å². The van der Waals surface area contributed by atoms with Gasteiger partial charge in [-0.2, -0.15) is 0 Å². The van der Waals surface area contributed by atoms with Crippen LogP contribution in [0, 0.1) is 0 Å². The van der Waals surface area contributed by atoms with E-state index < -0.39 is 9.84 Å². The van der Waals surface area contributed by atoms with E-state index in [1.807, 2.05) is 12.1 Å². The number of sulfone groups is 1. The minimum absolute atomic E-state index is 0.0466. The molecule has 0 bridgehead atoms. The first-order valence-corrected chi connectivity index (χ1v) is 8.91. The Kier molecular flexibility index (Phi) is 3.04. The normalized spacial score (nSPS) is 19.8. The minimum Gasteiger partial charge on any atom is -0.330 e. The highest BCUT2D eigenvalue weighted by molar-refractivity contribution is 8.06. The van der Waals surface area contributed by atoms with Gasteiger partial charge in [0.25, 0.3) is 0 Å². The number of aryl methyl sites for hydroxylation is 1. The molecule has 4 rings (SSSR count). The molecule has 2 aromatic carbocycles. The van der Waals surface area contributed by atoms with Gasteiger partial charge in [-0.15, -0.1) is 0 Å². The Morgan fingerprint density at radius 2 is 1.86 bits per heavy atom. The number of aliphatic imine (C=N–C) groups is 1. The quantitative estimate of drug-likeness (QED) is 0.879. The maximum atomic E-state index is 12.8. The van der Waals surface area contributed by atoms with Crippen LogP contribution < -0.4 is 5.32 Å². The van der Waals surface area contributed by atoms with Crippen molar-refractivity contribution in [2.45, 2.75) is 30.2 Å². The van der Waals surface area contributed by atoms with Gasteiger partial charge in [0.1, 0.15) is 0 Å². The number of nitrogens with zero attached hydrogens (tertiary/aromatic N) is 1. The molecule has 5 heteroatoms. The molecule has 0 radical (unpaired) electrons. The monoisotopic (exact) mass is 312 g/mol. The molecule has 0 aromatic heterocycles. The fourth-order valence-electron chi connectivity index (χ4n) is 3.23. The zero-order chi connectivity index (χ0) is 15.2. The Morgan fingerprint density at radius 3 is 2.68 bits per heavy atom. The lowest BCUT2D eigenvalue weighted by atomic mass is 9.86. The molecule has 112 valence electrons. The van der Waals surface area contributed by atoms with Gasteiger partial charge in [0.05, 0.1) is 10.9 Å². The summed E-state index contributed by atoms with van der Waals surface area (Å²) in [7, 11) is -3.60. The highest BCUT2D eigenvalue weighted by Gasteiger charge is 2.32. The summed E-state index contributed by atoms with van der Waals surface area (Å²) in [5.41, 5.74) is 3.33. The average Bonchev–Trinajstić information content (AvgIpc) is 2.56. The zero-order valence-electron chi connectivity index (χ0n) is 12.0. The van der Waals surface area contributed by atoms with Crippen molar-refractivity contribution in [1.29, 1.82) is 0 Å². The second kappa shape index (κ2) is 4.95. The second-order valence-corrected chi connectivity index (χ2v) is 7.53. The van der Waals surface area contributed by atoms with Crippen LogP contribution in [-0.4, -0.2) is 13.6 Å². The lowest BCUT2D eigenvalue weighted by Crippen LogP contribution is -2.30. The van der Waals surface area contributed by atoms with E-state index in [1.165, 1.54) is 11.1 Å². The van der Waals surface area contributed by atoms with Gasteiger partial charge < -0.3 is 5.32 Å². The smallest absolute Gasteiger partial charge is 0.239 e. The first kappa shape index (κ1) is 13.5. The lowest BCUT2D eigenvalue weighted by molar-refractivity contribution is 0.569. The molecule has 0 fully saturated rings. The van der Waals surface area contributed by atoms with Crippen molar-refractivity contribution in [3.63, 3.8) is 0 Å².